The van der Waals surface area contributed by atoms with Gasteiger partial charge in [-0.15, -0.1) is 45.3 Å². The van der Waals surface area contributed by atoms with Gasteiger partial charge in [0.25, 0.3) is 0 Å². The van der Waals surface area contributed by atoms with Crippen LogP contribution in [0.1, 0.15) is 56.7 Å². The van der Waals surface area contributed by atoms with Gasteiger partial charge in [0, 0.05) is 41.4 Å². The molecule has 0 atom stereocenters. The highest BCUT2D eigenvalue weighted by Crippen LogP contribution is 2.51. The van der Waals surface area contributed by atoms with Gasteiger partial charge in [-0.3, -0.25) is 19.2 Å². The average molecular weight is 938 g/mol. The highest BCUT2D eigenvalue weighted by atomic mass is 32.1. The van der Waals surface area contributed by atoms with Gasteiger partial charge in [0.1, 0.15) is 6.61 Å². The number of Topliss-reactive ketones (excluding diaryl/α,β-unsaturated/α-hetero) is 4. The lowest BCUT2D eigenvalue weighted by Gasteiger charge is -2.07. The maximum Gasteiger partial charge on any atom is 0.419 e. The molecule has 0 saturated heterocycles. The van der Waals surface area contributed by atoms with E-state index < -0.39 is 6.09 Å². The fraction of sp³-hybridized carbons (Fsp3) is 0.0179. The first-order valence-electron chi connectivity index (χ1n) is 21.4. The normalized spacial score (nSPS) is 13.9. The number of thiophene rings is 4. The molecule has 0 unspecified atom stereocenters. The first kappa shape index (κ1) is 38.6. The predicted octanol–water partition coefficient (Wildman–Crippen LogP) is 15.1. The minimum atomic E-state index is -0.544. The van der Waals surface area contributed by atoms with E-state index in [9.17, 15) is 24.0 Å². The number of ether oxygens (including phenoxy) is 1. The topological polar surface area (TPSA) is 99.5 Å². The molecule has 0 spiro atoms. The summed E-state index contributed by atoms with van der Waals surface area (Å²) in [6.45, 7) is 0.0661. The van der Waals surface area contributed by atoms with Crippen molar-refractivity contribution in [1.82, 2.24) is 4.57 Å². The monoisotopic (exact) mass is 937 g/mol. The van der Waals surface area contributed by atoms with Crippen LogP contribution in [0, 0.1) is 0 Å². The van der Waals surface area contributed by atoms with E-state index in [0.717, 1.165) is 86.6 Å². The molecule has 316 valence electrons. The zero-order valence-corrected chi connectivity index (χ0v) is 37.9. The Hall–Kier alpha value is -7.67. The van der Waals surface area contributed by atoms with Crippen molar-refractivity contribution in [3.63, 3.8) is 0 Å². The van der Waals surface area contributed by atoms with E-state index in [2.05, 4.69) is 24.3 Å². The molecule has 0 fully saturated rings. The summed E-state index contributed by atoms with van der Waals surface area (Å²) >= 11 is 5.96. The lowest BCUT2D eigenvalue weighted by molar-refractivity contribution is 0.0975. The van der Waals surface area contributed by atoms with Crippen LogP contribution < -0.4 is 0 Å². The molecule has 14 rings (SSSR count). The van der Waals surface area contributed by atoms with Gasteiger partial charge >= 0.3 is 6.09 Å². The van der Waals surface area contributed by atoms with Crippen molar-refractivity contribution < 1.29 is 28.7 Å². The van der Waals surface area contributed by atoms with E-state index in [4.69, 9.17) is 4.74 Å². The Morgan fingerprint density at radius 2 is 0.806 bits per heavy atom. The highest BCUT2D eigenvalue weighted by molar-refractivity contribution is 7.39. The molecule has 0 bridgehead atoms. The summed E-state index contributed by atoms with van der Waals surface area (Å²) in [6.07, 6.45) is 2.83. The molecule has 67 heavy (non-hydrogen) atoms. The SMILES string of the molecule is O=C1C(=Cc2cc3sc4c5sc6cc(C=C7C(=O)c8cc9cc%10ccccc%10cc9cc8C7=O)sc6c5n(C(=O)OCc5ccccc5)c4c3s2)C(=O)c2cc3cc4ccccc4cc3cc21. The second-order valence-electron chi connectivity index (χ2n) is 16.9. The van der Waals surface area contributed by atoms with Crippen molar-refractivity contribution in [2.75, 3.05) is 0 Å². The minimum Gasteiger partial charge on any atom is -0.444 e. The number of hydrogen-bond donors (Lipinski definition) is 0. The van der Waals surface area contributed by atoms with Gasteiger partial charge in [-0.1, -0.05) is 78.9 Å². The van der Waals surface area contributed by atoms with E-state index in [1.807, 2.05) is 115 Å². The molecule has 0 radical (unpaired) electrons. The van der Waals surface area contributed by atoms with Crippen LogP contribution in [0.2, 0.25) is 0 Å². The van der Waals surface area contributed by atoms with Gasteiger partial charge in [-0.2, -0.15) is 0 Å². The Morgan fingerprint density at radius 1 is 0.433 bits per heavy atom. The number of benzene rings is 7. The van der Waals surface area contributed by atoms with Crippen molar-refractivity contribution in [2.45, 2.75) is 6.61 Å². The van der Waals surface area contributed by atoms with Crippen molar-refractivity contribution in [1.29, 1.82) is 0 Å². The molecule has 5 aromatic heterocycles. The molecule has 0 saturated carbocycles. The molecule has 0 aliphatic heterocycles. The maximum absolute atomic E-state index is 14.5. The minimum absolute atomic E-state index is 0.0661. The quantitative estimate of drug-likeness (QED) is 0.0990. The third-order valence-corrected chi connectivity index (χ3v) is 17.8. The summed E-state index contributed by atoms with van der Waals surface area (Å²) in [4.78, 5) is 71.7. The Labute approximate surface area is 394 Å². The van der Waals surface area contributed by atoms with E-state index in [1.54, 1.807) is 39.4 Å². The van der Waals surface area contributed by atoms with Crippen molar-refractivity contribution in [3.8, 4) is 0 Å². The number of aromatic nitrogens is 1. The number of rotatable bonds is 4. The first-order valence-corrected chi connectivity index (χ1v) is 24.7. The zero-order chi connectivity index (χ0) is 44.8. The summed E-state index contributed by atoms with van der Waals surface area (Å²) in [5.41, 5.74) is 4.08. The molecular weight excluding hydrogens is 911 g/mol. The predicted molar refractivity (Wildman–Crippen MR) is 274 cm³/mol. The Morgan fingerprint density at radius 3 is 1.19 bits per heavy atom. The highest BCUT2D eigenvalue weighted by Gasteiger charge is 2.36. The molecule has 7 nitrogen and oxygen atoms in total. The molecule has 5 heterocycles. The Balaban J connectivity index is 0.867. The molecule has 0 N–H and O–H groups in total. The van der Waals surface area contributed by atoms with Crippen LogP contribution in [0.3, 0.4) is 0 Å². The first-order chi connectivity index (χ1) is 32.7. The molecular formula is C56H27NO6S4. The van der Waals surface area contributed by atoms with E-state index in [0.29, 0.717) is 33.3 Å². The number of fused-ring (bicyclic) bond motifs is 13. The summed E-state index contributed by atoms with van der Waals surface area (Å²) in [7, 11) is 0. The number of nitrogens with zero attached hydrogens (tertiary/aromatic N) is 1. The molecule has 2 aliphatic carbocycles. The summed E-state index contributed by atoms with van der Waals surface area (Å²) in [5, 5.41) is 7.84. The fourth-order valence-corrected chi connectivity index (χ4v) is 15.0. The average Bonchev–Trinajstić information content (AvgIpc) is 4.20. The van der Waals surface area contributed by atoms with Crippen LogP contribution in [0.5, 0.6) is 0 Å². The largest absolute Gasteiger partial charge is 0.444 e. The molecule has 11 heteroatoms. The number of hydrogen-bond acceptors (Lipinski definition) is 10. The van der Waals surface area contributed by atoms with Crippen LogP contribution in [0.4, 0.5) is 4.79 Å². The lowest BCUT2D eigenvalue weighted by atomic mass is 9.99. The standard InChI is InChI=1S/C56H27NO6S4/c58-48-38-18-32-14-28-10-4-5-11-29(28)15-33(32)19-39(38)49(59)42(48)22-36-24-44-52(64-36)46-54(66-44)55-47(57(46)56(62)63-26-27-8-2-1-3-9-27)53-45(67-55)25-37(65-53)23-43-50(60)40-20-34-16-30-12-6-7-13-31(30)17-35(34)21-41(40)51(43)61/h1-25H,26H2. The smallest absolute Gasteiger partial charge is 0.419 e. The third-order valence-electron chi connectivity index (χ3n) is 13.0. The van der Waals surface area contributed by atoms with Gasteiger partial charge in [0.05, 0.1) is 41.0 Å². The summed E-state index contributed by atoms with van der Waals surface area (Å²) < 4.78 is 13.1. The van der Waals surface area contributed by atoms with Crippen LogP contribution in [-0.4, -0.2) is 33.8 Å². The number of carbonyl (C=O) groups is 5. The van der Waals surface area contributed by atoms with Crippen LogP contribution in [0.15, 0.2) is 151 Å². The summed E-state index contributed by atoms with van der Waals surface area (Å²) in [5.74, 6) is -1.21. The van der Waals surface area contributed by atoms with Crippen molar-refractivity contribution >= 4 is 169 Å². The van der Waals surface area contributed by atoms with Gasteiger partial charge < -0.3 is 4.74 Å². The van der Waals surface area contributed by atoms with Gasteiger partial charge in [0.2, 0.25) is 0 Å². The van der Waals surface area contributed by atoms with Crippen LogP contribution in [0.25, 0.3) is 94.5 Å². The second-order valence-corrected chi connectivity index (χ2v) is 21.2. The van der Waals surface area contributed by atoms with E-state index >= 15 is 0 Å². The van der Waals surface area contributed by atoms with Gasteiger partial charge in [0.15, 0.2) is 23.1 Å². The number of allylic oxidation sites excluding steroid dienone is 2. The third kappa shape index (κ3) is 5.76. The number of carbonyl (C=O) groups excluding carboxylic acids is 5. The van der Waals surface area contributed by atoms with E-state index in [1.165, 1.54) is 22.7 Å². The van der Waals surface area contributed by atoms with Crippen LogP contribution >= 0.6 is 45.3 Å². The van der Waals surface area contributed by atoms with Gasteiger partial charge in [-0.05, 0) is 121 Å². The maximum atomic E-state index is 14.5. The number of ketones is 4. The second kappa shape index (κ2) is 14.2. The molecule has 0 amide bonds. The zero-order valence-electron chi connectivity index (χ0n) is 34.7. The van der Waals surface area contributed by atoms with E-state index in [-0.39, 0.29) is 40.9 Å². The van der Waals surface area contributed by atoms with Crippen LogP contribution in [-0.2, 0) is 11.3 Å². The van der Waals surface area contributed by atoms with Gasteiger partial charge in [-0.25, -0.2) is 9.36 Å². The lowest BCUT2D eigenvalue weighted by Crippen LogP contribution is -2.13. The Bertz CT molecular complexity index is 3980. The summed E-state index contributed by atoms with van der Waals surface area (Å²) in [6, 6.07) is 45.0. The van der Waals surface area contributed by atoms with Crippen molar-refractivity contribution in [2.24, 2.45) is 0 Å². The Kier molecular flexibility index (Phi) is 8.16. The van der Waals surface area contributed by atoms with Crippen molar-refractivity contribution in [3.05, 3.63) is 188 Å². The molecule has 12 aromatic rings. The molecule has 7 aromatic carbocycles. The molecule has 2 aliphatic rings. The fourth-order valence-electron chi connectivity index (χ4n) is 9.79.